The molecule has 1 heterocycles. The van der Waals surface area contributed by atoms with Gasteiger partial charge < -0.3 is 10.8 Å². The van der Waals surface area contributed by atoms with Crippen molar-refractivity contribution in [2.24, 2.45) is 5.73 Å². The predicted molar refractivity (Wildman–Crippen MR) is 95.3 cm³/mol. The van der Waals surface area contributed by atoms with Crippen LogP contribution in [0.25, 0.3) is 10.8 Å². The van der Waals surface area contributed by atoms with Crippen LogP contribution in [-0.4, -0.2) is 63.0 Å². The van der Waals surface area contributed by atoms with Gasteiger partial charge in [0.1, 0.15) is 0 Å². The normalized spacial score (nSPS) is 23.3. The van der Waals surface area contributed by atoms with Gasteiger partial charge >= 0.3 is 0 Å². The van der Waals surface area contributed by atoms with E-state index in [9.17, 15) is 21.9 Å². The number of nitrogens with two attached hydrogens (primary N) is 1. The highest BCUT2D eigenvalue weighted by Crippen LogP contribution is 2.27. The van der Waals surface area contributed by atoms with Crippen LogP contribution >= 0.6 is 0 Å². The second kappa shape index (κ2) is 6.65. The van der Waals surface area contributed by atoms with Gasteiger partial charge in [0.25, 0.3) is 0 Å². The van der Waals surface area contributed by atoms with Crippen LogP contribution in [0.3, 0.4) is 0 Å². The molecule has 0 saturated carbocycles. The number of aliphatic hydroxyl groups is 1. The number of sulfone groups is 1. The molecule has 1 fully saturated rings. The summed E-state index contributed by atoms with van der Waals surface area (Å²) in [5, 5.41) is 11.7. The van der Waals surface area contributed by atoms with Crippen LogP contribution in [-0.2, 0) is 19.9 Å². The van der Waals surface area contributed by atoms with E-state index in [-0.39, 0.29) is 18.0 Å². The summed E-state index contributed by atoms with van der Waals surface area (Å²) in [5.41, 5.74) is 5.54. The number of nitrogens with zero attached hydrogens (tertiary/aromatic N) is 1. The topological polar surface area (TPSA) is 118 Å². The van der Waals surface area contributed by atoms with Gasteiger partial charge in [-0.25, -0.2) is 16.8 Å². The van der Waals surface area contributed by atoms with E-state index in [0.29, 0.717) is 0 Å². The highest BCUT2D eigenvalue weighted by atomic mass is 32.2. The summed E-state index contributed by atoms with van der Waals surface area (Å²) in [6.45, 7) is -0.0392. The summed E-state index contributed by atoms with van der Waals surface area (Å²) in [4.78, 5) is 0.0520. The maximum Gasteiger partial charge on any atom is 0.243 e. The fourth-order valence-corrected chi connectivity index (χ4v) is 6.74. The molecule has 2 aromatic rings. The molecule has 3 N–H and O–H groups in total. The van der Waals surface area contributed by atoms with E-state index in [1.165, 1.54) is 6.07 Å². The smallest absolute Gasteiger partial charge is 0.243 e. The second-order valence-electron chi connectivity index (χ2n) is 6.12. The lowest BCUT2D eigenvalue weighted by molar-refractivity contribution is 0.129. The molecule has 2 aromatic carbocycles. The second-order valence-corrected chi connectivity index (χ2v) is 10.2. The Morgan fingerprint density at radius 1 is 1.12 bits per heavy atom. The van der Waals surface area contributed by atoms with E-state index in [0.717, 1.165) is 15.1 Å². The maximum atomic E-state index is 13.1. The van der Waals surface area contributed by atoms with Gasteiger partial charge in [-0.3, -0.25) is 0 Å². The third-order valence-electron chi connectivity index (χ3n) is 4.34. The molecule has 0 aromatic heterocycles. The highest BCUT2D eigenvalue weighted by Gasteiger charge is 2.44. The van der Waals surface area contributed by atoms with Crippen LogP contribution in [0, 0.1) is 0 Å². The van der Waals surface area contributed by atoms with E-state index in [1.54, 1.807) is 18.2 Å². The van der Waals surface area contributed by atoms with Crippen molar-refractivity contribution in [1.82, 2.24) is 4.31 Å². The number of fused-ring (bicyclic) bond motifs is 1. The van der Waals surface area contributed by atoms with Crippen molar-refractivity contribution in [3.8, 4) is 0 Å². The van der Waals surface area contributed by atoms with Crippen molar-refractivity contribution >= 4 is 30.6 Å². The Labute approximate surface area is 147 Å². The van der Waals surface area contributed by atoms with Crippen LogP contribution in [0.1, 0.15) is 0 Å². The standard InChI is InChI=1S/C16H20N2O5S2/c17-7-8-18(15-10-24(20,21)11-16(15)19)25(22,23)14-6-5-12-3-1-2-4-13(12)9-14/h1-6,9,15-16,19H,7-8,10-11,17H2/t15-,16-/m1/s1. The van der Waals surface area contributed by atoms with Gasteiger partial charge in [-0.1, -0.05) is 30.3 Å². The minimum absolute atomic E-state index is 0.0239. The fourth-order valence-electron chi connectivity index (χ4n) is 3.14. The first kappa shape index (κ1) is 18.3. The number of sulfonamides is 1. The lowest BCUT2D eigenvalue weighted by atomic mass is 10.1. The number of aliphatic hydroxyl groups excluding tert-OH is 1. The molecule has 9 heteroatoms. The van der Waals surface area contributed by atoms with Gasteiger partial charge in [-0.2, -0.15) is 4.31 Å². The molecule has 0 aliphatic carbocycles. The molecule has 0 unspecified atom stereocenters. The third-order valence-corrected chi connectivity index (χ3v) is 7.96. The molecule has 7 nitrogen and oxygen atoms in total. The SMILES string of the molecule is NCCN([C@@H]1CS(=O)(=O)C[C@H]1O)S(=O)(=O)c1ccc2ccccc2c1. The third kappa shape index (κ3) is 3.56. The Hall–Kier alpha value is -1.52. The van der Waals surface area contributed by atoms with Gasteiger partial charge in [0.15, 0.2) is 9.84 Å². The minimum atomic E-state index is -3.99. The first-order valence-corrected chi connectivity index (χ1v) is 11.1. The molecular formula is C16H20N2O5S2. The maximum absolute atomic E-state index is 13.1. The number of rotatable bonds is 5. The number of benzene rings is 2. The van der Waals surface area contributed by atoms with Crippen molar-refractivity contribution in [2.75, 3.05) is 24.6 Å². The monoisotopic (exact) mass is 384 g/mol. The van der Waals surface area contributed by atoms with Crippen LogP contribution in [0.5, 0.6) is 0 Å². The van der Waals surface area contributed by atoms with Crippen LogP contribution in [0.2, 0.25) is 0 Å². The summed E-state index contributed by atoms with van der Waals surface area (Å²) >= 11 is 0. The molecule has 1 saturated heterocycles. The Balaban J connectivity index is 2.04. The highest BCUT2D eigenvalue weighted by molar-refractivity contribution is 7.92. The summed E-state index contributed by atoms with van der Waals surface area (Å²) in [6.07, 6.45) is -1.26. The first-order chi connectivity index (χ1) is 11.7. The number of hydrogen-bond acceptors (Lipinski definition) is 6. The molecule has 25 heavy (non-hydrogen) atoms. The molecule has 0 radical (unpaired) electrons. The van der Waals surface area contributed by atoms with Gasteiger partial charge in [0, 0.05) is 13.1 Å². The molecule has 3 rings (SSSR count). The van der Waals surface area contributed by atoms with Crippen molar-refractivity contribution in [3.05, 3.63) is 42.5 Å². The van der Waals surface area contributed by atoms with Gasteiger partial charge in [0.05, 0.1) is 28.5 Å². The molecule has 0 bridgehead atoms. The van der Waals surface area contributed by atoms with Crippen molar-refractivity contribution in [1.29, 1.82) is 0 Å². The van der Waals surface area contributed by atoms with Crippen molar-refractivity contribution < 1.29 is 21.9 Å². The van der Waals surface area contributed by atoms with E-state index in [1.807, 2.05) is 18.2 Å². The van der Waals surface area contributed by atoms with E-state index in [4.69, 9.17) is 5.73 Å². The average molecular weight is 384 g/mol. The van der Waals surface area contributed by atoms with Gasteiger partial charge in [-0.15, -0.1) is 0 Å². The predicted octanol–water partition coefficient (Wildman–Crippen LogP) is -0.0529. The molecule has 2 atom stereocenters. The Kier molecular flexibility index (Phi) is 4.86. The van der Waals surface area contributed by atoms with E-state index in [2.05, 4.69) is 0 Å². The summed E-state index contributed by atoms with van der Waals surface area (Å²) in [5.74, 6) is -0.840. The molecule has 0 amide bonds. The van der Waals surface area contributed by atoms with Crippen LogP contribution in [0.4, 0.5) is 0 Å². The van der Waals surface area contributed by atoms with Crippen molar-refractivity contribution in [3.63, 3.8) is 0 Å². The van der Waals surface area contributed by atoms with E-state index < -0.39 is 43.5 Å². The average Bonchev–Trinajstić information content (AvgIpc) is 2.84. The zero-order valence-corrected chi connectivity index (χ0v) is 15.1. The first-order valence-electron chi connectivity index (χ1n) is 7.84. The Morgan fingerprint density at radius 3 is 2.40 bits per heavy atom. The Bertz CT molecular complexity index is 989. The van der Waals surface area contributed by atoms with Crippen molar-refractivity contribution in [2.45, 2.75) is 17.0 Å². The molecule has 0 spiro atoms. The quantitative estimate of drug-likeness (QED) is 0.746. The molecular weight excluding hydrogens is 364 g/mol. The summed E-state index contributed by atoms with van der Waals surface area (Å²) in [7, 11) is -7.47. The largest absolute Gasteiger partial charge is 0.390 e. The summed E-state index contributed by atoms with van der Waals surface area (Å²) in [6, 6.07) is 11.0. The lowest BCUT2D eigenvalue weighted by Crippen LogP contribution is -2.48. The van der Waals surface area contributed by atoms with Crippen LogP contribution < -0.4 is 5.73 Å². The zero-order valence-electron chi connectivity index (χ0n) is 13.4. The molecule has 1 aliphatic heterocycles. The Morgan fingerprint density at radius 2 is 1.80 bits per heavy atom. The fraction of sp³-hybridized carbons (Fsp3) is 0.375. The lowest BCUT2D eigenvalue weighted by Gasteiger charge is -2.29. The van der Waals surface area contributed by atoms with Gasteiger partial charge in [-0.05, 0) is 22.9 Å². The molecule has 1 aliphatic rings. The number of hydrogen-bond donors (Lipinski definition) is 2. The molecule has 136 valence electrons. The minimum Gasteiger partial charge on any atom is -0.390 e. The van der Waals surface area contributed by atoms with E-state index >= 15 is 0 Å². The summed E-state index contributed by atoms with van der Waals surface area (Å²) < 4.78 is 50.7. The van der Waals surface area contributed by atoms with Crippen LogP contribution in [0.15, 0.2) is 47.4 Å². The van der Waals surface area contributed by atoms with Gasteiger partial charge in [0.2, 0.25) is 10.0 Å². The zero-order chi connectivity index (χ0) is 18.2.